The standard InChI is InChI=1S/C19H32N2O2/c1-5-12-23-18-7-6-17(15(3)16(18)4)19(22)14(2)13-21-10-8-20-9-11-21/h6-7,14,19-20,22H,5,8-13H2,1-4H3. The molecule has 2 unspecified atom stereocenters. The fraction of sp³-hybridized carbons (Fsp3) is 0.684. The van der Waals surface area contributed by atoms with E-state index in [1.165, 1.54) is 0 Å². The molecule has 1 aliphatic heterocycles. The van der Waals surface area contributed by atoms with Gasteiger partial charge in [-0.15, -0.1) is 0 Å². The van der Waals surface area contributed by atoms with Gasteiger partial charge in [0.05, 0.1) is 12.7 Å². The smallest absolute Gasteiger partial charge is 0.122 e. The molecular formula is C19H32N2O2. The molecule has 0 amide bonds. The molecule has 1 heterocycles. The average molecular weight is 320 g/mol. The van der Waals surface area contributed by atoms with Gasteiger partial charge in [-0.25, -0.2) is 0 Å². The van der Waals surface area contributed by atoms with Crippen LogP contribution in [0.15, 0.2) is 12.1 Å². The number of benzene rings is 1. The number of rotatable bonds is 7. The minimum Gasteiger partial charge on any atom is -0.493 e. The molecule has 2 atom stereocenters. The van der Waals surface area contributed by atoms with Crippen molar-refractivity contribution in [1.29, 1.82) is 0 Å². The van der Waals surface area contributed by atoms with Crippen molar-refractivity contribution in [2.75, 3.05) is 39.3 Å². The van der Waals surface area contributed by atoms with Crippen molar-refractivity contribution >= 4 is 0 Å². The third-order valence-corrected chi connectivity index (χ3v) is 4.85. The van der Waals surface area contributed by atoms with Crippen LogP contribution in [-0.4, -0.2) is 49.3 Å². The van der Waals surface area contributed by atoms with Gasteiger partial charge in [0.25, 0.3) is 0 Å². The first-order chi connectivity index (χ1) is 11.0. The normalized spacial score (nSPS) is 18.7. The summed E-state index contributed by atoms with van der Waals surface area (Å²) in [6.45, 7) is 14.3. The lowest BCUT2D eigenvalue weighted by molar-refractivity contribution is 0.0836. The molecule has 0 spiro atoms. The van der Waals surface area contributed by atoms with E-state index in [1.54, 1.807) is 0 Å². The fourth-order valence-electron chi connectivity index (χ4n) is 3.21. The van der Waals surface area contributed by atoms with E-state index in [0.29, 0.717) is 0 Å². The second-order valence-electron chi connectivity index (χ2n) is 6.72. The maximum atomic E-state index is 10.8. The predicted octanol–water partition coefficient (Wildman–Crippen LogP) is 2.67. The van der Waals surface area contributed by atoms with Crippen LogP contribution < -0.4 is 10.1 Å². The highest BCUT2D eigenvalue weighted by Gasteiger charge is 2.23. The van der Waals surface area contributed by atoms with Crippen LogP contribution in [0.25, 0.3) is 0 Å². The molecule has 0 bridgehead atoms. The van der Waals surface area contributed by atoms with Crippen molar-refractivity contribution in [3.63, 3.8) is 0 Å². The molecular weight excluding hydrogens is 288 g/mol. The SMILES string of the molecule is CCCOc1ccc(C(O)C(C)CN2CCNCC2)c(C)c1C. The van der Waals surface area contributed by atoms with Crippen molar-refractivity contribution in [3.8, 4) is 5.75 Å². The summed E-state index contributed by atoms with van der Waals surface area (Å²) in [6.07, 6.45) is 0.578. The van der Waals surface area contributed by atoms with Gasteiger partial charge in [0, 0.05) is 32.7 Å². The van der Waals surface area contributed by atoms with Crippen molar-refractivity contribution in [2.24, 2.45) is 5.92 Å². The Morgan fingerprint density at radius 2 is 1.91 bits per heavy atom. The van der Waals surface area contributed by atoms with Gasteiger partial charge in [-0.05, 0) is 48.9 Å². The Hall–Kier alpha value is -1.10. The van der Waals surface area contributed by atoms with Gasteiger partial charge in [-0.1, -0.05) is 19.9 Å². The maximum absolute atomic E-state index is 10.8. The summed E-state index contributed by atoms with van der Waals surface area (Å²) in [6, 6.07) is 4.04. The Morgan fingerprint density at radius 1 is 1.22 bits per heavy atom. The Kier molecular flexibility index (Phi) is 6.88. The maximum Gasteiger partial charge on any atom is 0.122 e. The highest BCUT2D eigenvalue weighted by atomic mass is 16.5. The number of ether oxygens (including phenoxy) is 1. The molecule has 130 valence electrons. The van der Waals surface area contributed by atoms with E-state index < -0.39 is 6.10 Å². The lowest BCUT2D eigenvalue weighted by Gasteiger charge is -2.32. The molecule has 0 saturated carbocycles. The quantitative estimate of drug-likeness (QED) is 0.811. The van der Waals surface area contributed by atoms with E-state index in [4.69, 9.17) is 4.74 Å². The molecule has 1 aliphatic rings. The molecule has 0 radical (unpaired) electrons. The predicted molar refractivity (Wildman–Crippen MR) is 95.1 cm³/mol. The van der Waals surface area contributed by atoms with E-state index in [9.17, 15) is 5.11 Å². The molecule has 4 heteroatoms. The van der Waals surface area contributed by atoms with Gasteiger partial charge in [0.2, 0.25) is 0 Å². The number of aliphatic hydroxyl groups excluding tert-OH is 1. The minimum absolute atomic E-state index is 0.216. The molecule has 2 N–H and O–H groups in total. The van der Waals surface area contributed by atoms with Crippen molar-refractivity contribution in [2.45, 2.75) is 40.2 Å². The van der Waals surface area contributed by atoms with Gasteiger partial charge >= 0.3 is 0 Å². The van der Waals surface area contributed by atoms with Crippen LogP contribution in [0.3, 0.4) is 0 Å². The molecule has 0 aromatic heterocycles. The van der Waals surface area contributed by atoms with Crippen LogP contribution in [0.5, 0.6) is 5.75 Å². The summed E-state index contributed by atoms with van der Waals surface area (Å²) in [5.41, 5.74) is 3.33. The van der Waals surface area contributed by atoms with Crippen LogP contribution in [0.2, 0.25) is 0 Å². The number of nitrogens with zero attached hydrogens (tertiary/aromatic N) is 1. The van der Waals surface area contributed by atoms with Crippen LogP contribution >= 0.6 is 0 Å². The molecule has 1 aromatic carbocycles. The Labute approximate surface area is 140 Å². The molecule has 1 saturated heterocycles. The van der Waals surface area contributed by atoms with Crippen molar-refractivity contribution < 1.29 is 9.84 Å². The summed E-state index contributed by atoms with van der Waals surface area (Å²) < 4.78 is 5.79. The zero-order valence-electron chi connectivity index (χ0n) is 15.1. The second-order valence-corrected chi connectivity index (χ2v) is 6.72. The molecule has 23 heavy (non-hydrogen) atoms. The molecule has 1 fully saturated rings. The van der Waals surface area contributed by atoms with Gasteiger partial charge in [0.1, 0.15) is 5.75 Å². The number of hydrogen-bond acceptors (Lipinski definition) is 4. The van der Waals surface area contributed by atoms with Gasteiger partial charge in [0.15, 0.2) is 0 Å². The van der Waals surface area contributed by atoms with Crippen LogP contribution in [-0.2, 0) is 0 Å². The zero-order chi connectivity index (χ0) is 16.8. The van der Waals surface area contributed by atoms with E-state index in [2.05, 4.69) is 37.9 Å². The number of piperazine rings is 1. The van der Waals surface area contributed by atoms with Crippen molar-refractivity contribution in [3.05, 3.63) is 28.8 Å². The zero-order valence-corrected chi connectivity index (χ0v) is 15.1. The van der Waals surface area contributed by atoms with Crippen LogP contribution in [0, 0.1) is 19.8 Å². The summed E-state index contributed by atoms with van der Waals surface area (Å²) in [5, 5.41) is 14.2. The Bertz CT molecular complexity index is 498. The van der Waals surface area contributed by atoms with Gasteiger partial charge < -0.3 is 20.1 Å². The summed E-state index contributed by atoms with van der Waals surface area (Å²) in [5.74, 6) is 1.16. The first-order valence-electron chi connectivity index (χ1n) is 8.88. The second kappa shape index (κ2) is 8.67. The van der Waals surface area contributed by atoms with E-state index in [0.717, 1.165) is 68.2 Å². The fourth-order valence-corrected chi connectivity index (χ4v) is 3.21. The average Bonchev–Trinajstić information content (AvgIpc) is 2.56. The highest BCUT2D eigenvalue weighted by molar-refractivity contribution is 5.44. The highest BCUT2D eigenvalue weighted by Crippen LogP contribution is 2.31. The first kappa shape index (κ1) is 18.2. The van der Waals surface area contributed by atoms with Gasteiger partial charge in [-0.3, -0.25) is 0 Å². The van der Waals surface area contributed by atoms with Crippen molar-refractivity contribution in [1.82, 2.24) is 10.2 Å². The van der Waals surface area contributed by atoms with Crippen LogP contribution in [0.1, 0.15) is 43.1 Å². The topological polar surface area (TPSA) is 44.7 Å². The molecule has 2 rings (SSSR count). The van der Waals surface area contributed by atoms with Crippen LogP contribution in [0.4, 0.5) is 0 Å². The summed E-state index contributed by atoms with van der Waals surface area (Å²) in [7, 11) is 0. The monoisotopic (exact) mass is 320 g/mol. The van der Waals surface area contributed by atoms with E-state index >= 15 is 0 Å². The first-order valence-corrected chi connectivity index (χ1v) is 8.88. The number of nitrogens with one attached hydrogen (secondary N) is 1. The molecule has 0 aliphatic carbocycles. The summed E-state index contributed by atoms with van der Waals surface area (Å²) in [4.78, 5) is 2.44. The Morgan fingerprint density at radius 3 is 2.57 bits per heavy atom. The lowest BCUT2D eigenvalue weighted by atomic mass is 9.91. The third-order valence-electron chi connectivity index (χ3n) is 4.85. The summed E-state index contributed by atoms with van der Waals surface area (Å²) >= 11 is 0. The number of aliphatic hydroxyl groups is 1. The third kappa shape index (κ3) is 4.69. The minimum atomic E-state index is -0.427. The molecule has 4 nitrogen and oxygen atoms in total. The number of hydrogen-bond donors (Lipinski definition) is 2. The lowest BCUT2D eigenvalue weighted by Crippen LogP contribution is -2.45. The molecule has 1 aromatic rings. The van der Waals surface area contributed by atoms with E-state index in [1.807, 2.05) is 12.1 Å². The van der Waals surface area contributed by atoms with E-state index in [-0.39, 0.29) is 5.92 Å². The largest absolute Gasteiger partial charge is 0.493 e. The Balaban J connectivity index is 2.05. The van der Waals surface area contributed by atoms with Gasteiger partial charge in [-0.2, -0.15) is 0 Å².